The maximum atomic E-state index is 12.3. The van der Waals surface area contributed by atoms with Crippen LogP contribution in [-0.2, 0) is 11.3 Å². The van der Waals surface area contributed by atoms with E-state index in [2.05, 4.69) is 11.7 Å². The first kappa shape index (κ1) is 19.0. The van der Waals surface area contributed by atoms with E-state index in [0.29, 0.717) is 24.8 Å². The van der Waals surface area contributed by atoms with E-state index in [4.69, 9.17) is 11.6 Å². The van der Waals surface area contributed by atoms with E-state index in [9.17, 15) is 4.79 Å². The predicted molar refractivity (Wildman–Crippen MR) is 104 cm³/mol. The summed E-state index contributed by atoms with van der Waals surface area (Å²) in [4.78, 5) is 14.1. The number of aryl methyl sites for hydroxylation is 1. The van der Waals surface area contributed by atoms with Crippen molar-refractivity contribution in [2.75, 3.05) is 13.1 Å². The van der Waals surface area contributed by atoms with Crippen molar-refractivity contribution in [1.82, 2.24) is 14.7 Å². The van der Waals surface area contributed by atoms with Crippen molar-refractivity contribution in [1.29, 1.82) is 0 Å². The summed E-state index contributed by atoms with van der Waals surface area (Å²) in [5, 5.41) is 5.03. The average molecular weight is 358 g/mol. The molecule has 0 saturated carbocycles. The van der Waals surface area contributed by atoms with E-state index in [-0.39, 0.29) is 5.91 Å². The highest BCUT2D eigenvalue weighted by atomic mass is 35.5. The number of amides is 1. The van der Waals surface area contributed by atoms with Crippen LogP contribution in [0, 0.1) is 6.92 Å². The zero-order valence-corrected chi connectivity index (χ0v) is 15.8. The predicted octanol–water partition coefficient (Wildman–Crippen LogP) is 4.33. The van der Waals surface area contributed by atoms with Crippen molar-refractivity contribution in [3.8, 4) is 0 Å². The molecule has 5 heteroatoms. The van der Waals surface area contributed by atoms with Crippen LogP contribution >= 0.6 is 11.6 Å². The van der Waals surface area contributed by atoms with Crippen LogP contribution in [0.15, 0.2) is 48.6 Å². The minimum Gasteiger partial charge on any atom is -0.335 e. The third-order valence-electron chi connectivity index (χ3n) is 3.83. The second kappa shape index (κ2) is 8.67. The lowest BCUT2D eigenvalue weighted by molar-refractivity contribution is -0.125. The Balaban J connectivity index is 2.17. The van der Waals surface area contributed by atoms with E-state index in [1.807, 2.05) is 51.1 Å². The van der Waals surface area contributed by atoms with Crippen LogP contribution in [0.25, 0.3) is 6.08 Å². The fourth-order valence-corrected chi connectivity index (χ4v) is 2.85. The van der Waals surface area contributed by atoms with Gasteiger partial charge in [0.15, 0.2) is 0 Å². The molecule has 132 valence electrons. The van der Waals surface area contributed by atoms with Gasteiger partial charge in [-0.2, -0.15) is 5.10 Å². The molecule has 0 radical (unpaired) electrons. The highest BCUT2D eigenvalue weighted by molar-refractivity contribution is 6.31. The second-order valence-corrected chi connectivity index (χ2v) is 6.43. The van der Waals surface area contributed by atoms with Gasteiger partial charge in [-0.3, -0.25) is 4.79 Å². The average Bonchev–Trinajstić information content (AvgIpc) is 2.85. The van der Waals surface area contributed by atoms with Crippen LogP contribution in [0.3, 0.4) is 0 Å². The molecule has 1 aromatic carbocycles. The Morgan fingerprint density at radius 1 is 1.36 bits per heavy atom. The van der Waals surface area contributed by atoms with Crippen molar-refractivity contribution in [3.63, 3.8) is 0 Å². The van der Waals surface area contributed by atoms with Gasteiger partial charge in [-0.1, -0.05) is 54.1 Å². The number of rotatable bonds is 7. The van der Waals surface area contributed by atoms with Gasteiger partial charge in [0.1, 0.15) is 5.15 Å². The second-order valence-electron chi connectivity index (χ2n) is 6.08. The highest BCUT2D eigenvalue weighted by Crippen LogP contribution is 2.22. The summed E-state index contributed by atoms with van der Waals surface area (Å²) in [7, 11) is 0. The topological polar surface area (TPSA) is 38.1 Å². The summed E-state index contributed by atoms with van der Waals surface area (Å²) >= 11 is 6.47. The Kier molecular flexibility index (Phi) is 6.59. The molecular weight excluding hydrogens is 334 g/mol. The van der Waals surface area contributed by atoms with E-state index in [0.717, 1.165) is 22.4 Å². The summed E-state index contributed by atoms with van der Waals surface area (Å²) in [6.07, 6.45) is 3.30. The first-order valence-electron chi connectivity index (χ1n) is 8.30. The molecule has 25 heavy (non-hydrogen) atoms. The van der Waals surface area contributed by atoms with Crippen molar-refractivity contribution >= 4 is 23.6 Å². The lowest BCUT2D eigenvalue weighted by Gasteiger charge is -2.18. The molecule has 0 saturated heterocycles. The van der Waals surface area contributed by atoms with Gasteiger partial charge >= 0.3 is 0 Å². The van der Waals surface area contributed by atoms with Crippen LogP contribution in [-0.4, -0.2) is 33.7 Å². The standard InChI is InChI=1S/C20H24ClN3O/c1-5-23(13-15(2)3)19(25)12-11-18-16(4)22-24(20(18)21)14-17-9-7-6-8-10-17/h6-12H,2,5,13-14H2,1,3-4H3/b12-11+. The van der Waals surface area contributed by atoms with Crippen molar-refractivity contribution in [3.05, 3.63) is 70.5 Å². The molecule has 1 heterocycles. The maximum Gasteiger partial charge on any atom is 0.246 e. The molecule has 0 spiro atoms. The highest BCUT2D eigenvalue weighted by Gasteiger charge is 2.13. The van der Waals surface area contributed by atoms with E-state index in [1.54, 1.807) is 21.7 Å². The number of carbonyl (C=O) groups excluding carboxylic acids is 1. The number of aromatic nitrogens is 2. The normalized spacial score (nSPS) is 11.0. The molecule has 0 aliphatic rings. The van der Waals surface area contributed by atoms with Gasteiger partial charge in [-0.05, 0) is 32.4 Å². The molecule has 0 aliphatic heterocycles. The van der Waals surface area contributed by atoms with Gasteiger partial charge in [0, 0.05) is 24.7 Å². The van der Waals surface area contributed by atoms with Crippen molar-refractivity contribution < 1.29 is 4.79 Å². The monoisotopic (exact) mass is 357 g/mol. The molecule has 2 aromatic rings. The Hall–Kier alpha value is -2.33. The molecule has 4 nitrogen and oxygen atoms in total. The van der Waals surface area contributed by atoms with Crippen molar-refractivity contribution in [2.45, 2.75) is 27.3 Å². The molecule has 2 rings (SSSR count). The first-order valence-corrected chi connectivity index (χ1v) is 8.68. The minimum absolute atomic E-state index is 0.0585. The number of carbonyl (C=O) groups is 1. The number of halogens is 1. The summed E-state index contributed by atoms with van der Waals surface area (Å²) in [5.41, 5.74) is 3.65. The summed E-state index contributed by atoms with van der Waals surface area (Å²) < 4.78 is 1.75. The third kappa shape index (κ3) is 5.07. The van der Waals surface area contributed by atoms with Crippen LogP contribution in [0.2, 0.25) is 5.15 Å². The Morgan fingerprint density at radius 2 is 2.04 bits per heavy atom. The Bertz CT molecular complexity index is 778. The van der Waals surface area contributed by atoms with Gasteiger partial charge in [0.25, 0.3) is 0 Å². The third-order valence-corrected chi connectivity index (χ3v) is 4.23. The zero-order chi connectivity index (χ0) is 18.4. The molecule has 0 aliphatic carbocycles. The molecule has 0 unspecified atom stereocenters. The van der Waals surface area contributed by atoms with Gasteiger partial charge in [-0.15, -0.1) is 0 Å². The summed E-state index contributed by atoms with van der Waals surface area (Å²) in [6.45, 7) is 11.4. The molecule has 0 bridgehead atoms. The van der Waals surface area contributed by atoms with Gasteiger partial charge in [0.2, 0.25) is 5.91 Å². The fraction of sp³-hybridized carbons (Fsp3) is 0.300. The van der Waals surface area contributed by atoms with Gasteiger partial charge in [-0.25, -0.2) is 4.68 Å². The molecule has 0 fully saturated rings. The number of hydrogen-bond acceptors (Lipinski definition) is 2. The number of nitrogens with zero attached hydrogens (tertiary/aromatic N) is 3. The largest absolute Gasteiger partial charge is 0.335 e. The summed E-state index contributed by atoms with van der Waals surface area (Å²) in [6, 6.07) is 10.0. The number of hydrogen-bond donors (Lipinski definition) is 0. The molecule has 0 N–H and O–H groups in total. The maximum absolute atomic E-state index is 12.3. The first-order chi connectivity index (χ1) is 11.9. The zero-order valence-electron chi connectivity index (χ0n) is 15.0. The minimum atomic E-state index is -0.0585. The van der Waals surface area contributed by atoms with E-state index in [1.165, 1.54) is 0 Å². The van der Waals surface area contributed by atoms with Gasteiger partial charge in [0.05, 0.1) is 12.2 Å². The molecule has 0 atom stereocenters. The van der Waals surface area contributed by atoms with Crippen LogP contribution in [0.5, 0.6) is 0 Å². The fourth-order valence-electron chi connectivity index (χ4n) is 2.55. The molecular formula is C20H24ClN3O. The van der Waals surface area contributed by atoms with Crippen LogP contribution in [0.4, 0.5) is 0 Å². The van der Waals surface area contributed by atoms with Crippen LogP contribution in [0.1, 0.15) is 30.7 Å². The summed E-state index contributed by atoms with van der Waals surface area (Å²) in [5.74, 6) is -0.0585. The quantitative estimate of drug-likeness (QED) is 0.546. The number of benzene rings is 1. The van der Waals surface area contributed by atoms with E-state index >= 15 is 0 Å². The van der Waals surface area contributed by atoms with Gasteiger partial charge < -0.3 is 4.90 Å². The van der Waals surface area contributed by atoms with Crippen molar-refractivity contribution in [2.24, 2.45) is 0 Å². The van der Waals surface area contributed by atoms with E-state index < -0.39 is 0 Å². The molecule has 1 amide bonds. The lowest BCUT2D eigenvalue weighted by atomic mass is 10.2. The smallest absolute Gasteiger partial charge is 0.246 e. The SMILES string of the molecule is C=C(C)CN(CC)C(=O)/C=C/c1c(C)nn(Cc2ccccc2)c1Cl. The number of likely N-dealkylation sites (N-methyl/N-ethyl adjacent to an activating group) is 1. The Labute approximate surface area is 154 Å². The van der Waals surface area contributed by atoms with Crippen LogP contribution < -0.4 is 0 Å². The Morgan fingerprint density at radius 3 is 2.64 bits per heavy atom. The lowest BCUT2D eigenvalue weighted by Crippen LogP contribution is -2.30. The molecule has 1 aromatic heterocycles.